The maximum absolute atomic E-state index is 13.1. The van der Waals surface area contributed by atoms with Gasteiger partial charge in [0.15, 0.2) is 0 Å². The summed E-state index contributed by atoms with van der Waals surface area (Å²) in [4.78, 5) is 0. The van der Waals surface area contributed by atoms with Crippen molar-refractivity contribution in [1.29, 1.82) is 0 Å². The molecule has 0 amide bonds. The molecule has 0 heterocycles. The van der Waals surface area contributed by atoms with Gasteiger partial charge in [-0.3, -0.25) is 0 Å². The molecule has 1 aliphatic carbocycles. The minimum absolute atomic E-state index is 0.247. The molecule has 0 atom stereocenters. The normalized spacial score (nSPS) is 15.6. The molecule has 0 bridgehead atoms. The van der Waals surface area contributed by atoms with Crippen LogP contribution in [0.2, 0.25) is 5.02 Å². The maximum Gasteiger partial charge on any atom is 0.142 e. The summed E-state index contributed by atoms with van der Waals surface area (Å²) in [7, 11) is 0. The van der Waals surface area contributed by atoms with E-state index >= 15 is 0 Å². The number of benzene rings is 1. The van der Waals surface area contributed by atoms with E-state index in [0.717, 1.165) is 18.0 Å². The van der Waals surface area contributed by atoms with Crippen molar-refractivity contribution in [3.63, 3.8) is 0 Å². The lowest BCUT2D eigenvalue weighted by molar-refractivity contribution is 0.602. The predicted octanol–water partition coefficient (Wildman–Crippen LogP) is 3.37. The summed E-state index contributed by atoms with van der Waals surface area (Å²) >= 11 is 5.83. The number of hydrogen-bond donors (Lipinski definition) is 1. The van der Waals surface area contributed by atoms with Crippen molar-refractivity contribution < 1.29 is 4.39 Å². The van der Waals surface area contributed by atoms with E-state index in [9.17, 15) is 4.39 Å². The summed E-state index contributed by atoms with van der Waals surface area (Å²) in [5.41, 5.74) is 0.840. The van der Waals surface area contributed by atoms with E-state index in [1.54, 1.807) is 6.07 Å². The zero-order chi connectivity index (χ0) is 10.7. The third kappa shape index (κ3) is 3.18. The molecule has 1 aromatic rings. The van der Waals surface area contributed by atoms with Crippen molar-refractivity contribution in [2.24, 2.45) is 5.92 Å². The van der Waals surface area contributed by atoms with Gasteiger partial charge in [-0.1, -0.05) is 36.6 Å². The molecule has 0 aromatic heterocycles. The molecule has 0 unspecified atom stereocenters. The zero-order valence-electron chi connectivity index (χ0n) is 8.60. The summed E-state index contributed by atoms with van der Waals surface area (Å²) in [6, 6.07) is 4.94. The average molecular weight is 228 g/mol. The van der Waals surface area contributed by atoms with E-state index in [1.165, 1.54) is 25.3 Å². The highest BCUT2D eigenvalue weighted by molar-refractivity contribution is 6.31. The van der Waals surface area contributed by atoms with Crippen LogP contribution in [0, 0.1) is 11.7 Å². The first-order chi connectivity index (χ1) is 7.27. The third-order valence-electron chi connectivity index (χ3n) is 2.77. The molecule has 1 N–H and O–H groups in total. The molecular formula is C12H15ClFN. The highest BCUT2D eigenvalue weighted by Crippen LogP contribution is 2.31. The van der Waals surface area contributed by atoms with Gasteiger partial charge in [0.1, 0.15) is 5.82 Å². The van der Waals surface area contributed by atoms with Crippen LogP contribution in [0.3, 0.4) is 0 Å². The smallest absolute Gasteiger partial charge is 0.142 e. The van der Waals surface area contributed by atoms with Gasteiger partial charge in [0.2, 0.25) is 0 Å². The van der Waals surface area contributed by atoms with E-state index in [2.05, 4.69) is 5.32 Å². The Balaban J connectivity index is 1.78. The quantitative estimate of drug-likeness (QED) is 0.761. The summed E-state index contributed by atoms with van der Waals surface area (Å²) in [5.74, 6) is 0.596. The molecule has 0 radical (unpaired) electrons. The number of rotatable bonds is 5. The second-order valence-corrected chi connectivity index (χ2v) is 4.50. The number of hydrogen-bond acceptors (Lipinski definition) is 1. The first kappa shape index (κ1) is 10.9. The Kier molecular flexibility index (Phi) is 3.60. The van der Waals surface area contributed by atoms with Gasteiger partial charge in [-0.2, -0.15) is 0 Å². The van der Waals surface area contributed by atoms with Crippen LogP contribution in [0.25, 0.3) is 0 Å². The monoisotopic (exact) mass is 227 g/mol. The first-order valence-corrected chi connectivity index (χ1v) is 5.79. The molecule has 15 heavy (non-hydrogen) atoms. The molecule has 82 valence electrons. The van der Waals surface area contributed by atoms with Gasteiger partial charge in [-0.15, -0.1) is 0 Å². The van der Waals surface area contributed by atoms with Crippen LogP contribution in [0.15, 0.2) is 18.2 Å². The van der Waals surface area contributed by atoms with Crippen LogP contribution in [0.5, 0.6) is 0 Å². The molecule has 0 saturated heterocycles. The van der Waals surface area contributed by atoms with Crippen molar-refractivity contribution >= 4 is 11.6 Å². The van der Waals surface area contributed by atoms with Crippen LogP contribution in [-0.4, -0.2) is 6.54 Å². The number of nitrogens with one attached hydrogen (secondary N) is 1. The van der Waals surface area contributed by atoms with E-state index in [1.807, 2.05) is 6.07 Å². The van der Waals surface area contributed by atoms with Crippen LogP contribution in [0.4, 0.5) is 4.39 Å². The molecule has 1 aliphatic rings. The van der Waals surface area contributed by atoms with E-state index in [4.69, 9.17) is 11.6 Å². The minimum Gasteiger partial charge on any atom is -0.313 e. The fourth-order valence-electron chi connectivity index (χ4n) is 1.62. The van der Waals surface area contributed by atoms with Crippen molar-refractivity contribution in [2.75, 3.05) is 6.54 Å². The molecule has 0 aliphatic heterocycles. The molecule has 1 fully saturated rings. The van der Waals surface area contributed by atoms with Gasteiger partial charge in [0.25, 0.3) is 0 Å². The Morgan fingerprint density at radius 2 is 2.20 bits per heavy atom. The molecule has 0 spiro atoms. The molecule has 1 nitrogen and oxygen atoms in total. The molecule has 1 saturated carbocycles. The SMILES string of the molecule is Fc1cccc(CNCCC2CC2)c1Cl. The molecule has 3 heteroatoms. The lowest BCUT2D eigenvalue weighted by atomic mass is 10.2. The van der Waals surface area contributed by atoms with Crippen molar-refractivity contribution in [3.8, 4) is 0 Å². The van der Waals surface area contributed by atoms with Gasteiger partial charge < -0.3 is 5.32 Å². The zero-order valence-corrected chi connectivity index (χ0v) is 9.36. The standard InChI is InChI=1S/C12H15ClFN/c13-12-10(2-1-3-11(12)14)8-15-7-6-9-4-5-9/h1-3,9,15H,4-8H2. The van der Waals surface area contributed by atoms with Crippen LogP contribution in [-0.2, 0) is 6.54 Å². The Labute approximate surface area is 94.6 Å². The largest absolute Gasteiger partial charge is 0.313 e. The van der Waals surface area contributed by atoms with Gasteiger partial charge in [-0.05, 0) is 30.5 Å². The second kappa shape index (κ2) is 4.95. The third-order valence-corrected chi connectivity index (χ3v) is 3.20. The Morgan fingerprint density at radius 1 is 1.40 bits per heavy atom. The van der Waals surface area contributed by atoms with Crippen LogP contribution >= 0.6 is 11.6 Å². The van der Waals surface area contributed by atoms with Crippen molar-refractivity contribution in [2.45, 2.75) is 25.8 Å². The first-order valence-electron chi connectivity index (χ1n) is 5.41. The highest BCUT2D eigenvalue weighted by Gasteiger charge is 2.19. The molecule has 1 aromatic carbocycles. The van der Waals surface area contributed by atoms with Crippen molar-refractivity contribution in [3.05, 3.63) is 34.6 Å². The molecular weight excluding hydrogens is 213 g/mol. The number of halogens is 2. The topological polar surface area (TPSA) is 12.0 Å². The van der Waals surface area contributed by atoms with Gasteiger partial charge in [-0.25, -0.2) is 4.39 Å². The Hall–Kier alpha value is -0.600. The fraction of sp³-hybridized carbons (Fsp3) is 0.500. The lowest BCUT2D eigenvalue weighted by Crippen LogP contribution is -2.15. The van der Waals surface area contributed by atoms with Crippen LogP contribution < -0.4 is 5.32 Å². The van der Waals surface area contributed by atoms with Crippen molar-refractivity contribution in [1.82, 2.24) is 5.32 Å². The Bertz CT molecular complexity index is 336. The summed E-state index contributed by atoms with van der Waals surface area (Å²) in [6.45, 7) is 1.65. The second-order valence-electron chi connectivity index (χ2n) is 4.12. The van der Waals surface area contributed by atoms with Gasteiger partial charge in [0.05, 0.1) is 5.02 Å². The summed E-state index contributed by atoms with van der Waals surface area (Å²) in [6.07, 6.45) is 3.98. The predicted molar refractivity (Wildman–Crippen MR) is 60.5 cm³/mol. The van der Waals surface area contributed by atoms with Gasteiger partial charge in [0, 0.05) is 6.54 Å². The average Bonchev–Trinajstić information content (AvgIpc) is 3.02. The highest BCUT2D eigenvalue weighted by atomic mass is 35.5. The lowest BCUT2D eigenvalue weighted by Gasteiger charge is -2.06. The van der Waals surface area contributed by atoms with Crippen LogP contribution in [0.1, 0.15) is 24.8 Å². The maximum atomic E-state index is 13.1. The summed E-state index contributed by atoms with van der Waals surface area (Å²) in [5, 5.41) is 3.54. The van der Waals surface area contributed by atoms with E-state index in [0.29, 0.717) is 6.54 Å². The minimum atomic E-state index is -0.335. The Morgan fingerprint density at radius 3 is 2.93 bits per heavy atom. The fourth-order valence-corrected chi connectivity index (χ4v) is 1.81. The van der Waals surface area contributed by atoms with E-state index < -0.39 is 0 Å². The van der Waals surface area contributed by atoms with Gasteiger partial charge >= 0.3 is 0 Å². The molecule has 2 rings (SSSR count). The van der Waals surface area contributed by atoms with E-state index in [-0.39, 0.29) is 10.8 Å². The summed E-state index contributed by atoms with van der Waals surface area (Å²) < 4.78 is 13.1.